The van der Waals surface area contributed by atoms with Gasteiger partial charge in [-0.15, -0.1) is 0 Å². The van der Waals surface area contributed by atoms with Gasteiger partial charge in [-0.1, -0.05) is 71.9 Å². The maximum absolute atomic E-state index is 14.3. The molecule has 30 heteroatoms. The van der Waals surface area contributed by atoms with Gasteiger partial charge in [0.1, 0.15) is 42.3 Å². The Bertz CT molecular complexity index is 2660. The highest BCUT2D eigenvalue weighted by molar-refractivity contribution is 7.89. The smallest absolute Gasteiger partial charge is 0.368 e. The van der Waals surface area contributed by atoms with Crippen LogP contribution in [0.2, 0.25) is 0 Å². The second kappa shape index (κ2) is 37.5. The van der Waals surface area contributed by atoms with Gasteiger partial charge in [0.25, 0.3) is 0 Å². The molecule has 0 aliphatic carbocycles. The van der Waals surface area contributed by atoms with Gasteiger partial charge >= 0.3 is 12.4 Å². The molecule has 2 aromatic carbocycles. The summed E-state index contributed by atoms with van der Waals surface area (Å²) in [6.45, 7) is 10.6. The highest BCUT2D eigenvalue weighted by Gasteiger charge is 2.41. The van der Waals surface area contributed by atoms with Gasteiger partial charge in [0.05, 0.1) is 22.6 Å². The molecule has 88 heavy (non-hydrogen) atoms. The molecule has 2 rings (SSSR count). The monoisotopic (exact) mass is 1280 g/mol. The van der Waals surface area contributed by atoms with Gasteiger partial charge in [0.15, 0.2) is 0 Å². The second-order valence-electron chi connectivity index (χ2n) is 23.3. The average Bonchev–Trinajstić information content (AvgIpc) is 3.07. The first kappa shape index (κ1) is 77.6. The van der Waals surface area contributed by atoms with E-state index in [4.69, 9.17) is 28.7 Å². The number of nitrogens with zero attached hydrogens (tertiary/aromatic N) is 1. The van der Waals surface area contributed by atoms with Crippen LogP contribution in [0.25, 0.3) is 0 Å². The van der Waals surface area contributed by atoms with E-state index >= 15 is 0 Å². The lowest BCUT2D eigenvalue weighted by Crippen LogP contribution is -2.60. The SMILES string of the molecule is CC(C)C[C@H](NC(=O)[C@H](CC(C)C)NC(=O)[C@H](CCCCN)NC(=O)[C@H](CCCCN)NC(=O)[C@H](CC(C)C)NC(=O)[C@H](C)NC(=O)[C@H](CCCCN)NC(=O)CN(C[C@@H](N)Cc1ccccc1)S(=O)(=O)c1cc(C(F)(F)F)cc(C(F)(F)F)c1)C(N)=O. The Balaban J connectivity index is 2.46. The molecule has 0 aliphatic heterocycles. The zero-order valence-corrected chi connectivity index (χ0v) is 52.1. The van der Waals surface area contributed by atoms with Gasteiger partial charge in [-0.2, -0.15) is 30.6 Å². The number of nitrogens with one attached hydrogen (secondary N) is 7. The van der Waals surface area contributed by atoms with Crippen molar-refractivity contribution in [2.45, 2.75) is 198 Å². The zero-order valence-electron chi connectivity index (χ0n) is 51.3. The molecule has 0 fully saturated rings. The van der Waals surface area contributed by atoms with Crippen LogP contribution in [0.1, 0.15) is 142 Å². The molecule has 23 nitrogen and oxygen atoms in total. The minimum Gasteiger partial charge on any atom is -0.368 e. The Labute approximate surface area is 512 Å². The number of benzene rings is 2. The van der Waals surface area contributed by atoms with Crippen molar-refractivity contribution in [1.29, 1.82) is 0 Å². The van der Waals surface area contributed by atoms with Crippen LogP contribution in [0.3, 0.4) is 0 Å². The van der Waals surface area contributed by atoms with Gasteiger partial charge < -0.3 is 65.9 Å². The lowest BCUT2D eigenvalue weighted by molar-refractivity contribution is -0.143. The number of sulfonamides is 1. The highest BCUT2D eigenvalue weighted by atomic mass is 32.2. The van der Waals surface area contributed by atoms with Crippen molar-refractivity contribution in [1.82, 2.24) is 41.5 Å². The van der Waals surface area contributed by atoms with E-state index in [-0.39, 0.29) is 107 Å². The number of rotatable bonds is 40. The van der Waals surface area contributed by atoms with Crippen molar-refractivity contribution >= 4 is 57.3 Å². The van der Waals surface area contributed by atoms with Crippen LogP contribution in [-0.4, -0.2) is 141 Å². The lowest BCUT2D eigenvalue weighted by atomic mass is 9.99. The number of alkyl halides is 6. The van der Waals surface area contributed by atoms with E-state index in [0.29, 0.717) is 42.0 Å². The molecular weight excluding hydrogens is 1180 g/mol. The van der Waals surface area contributed by atoms with E-state index in [2.05, 4.69) is 37.2 Å². The van der Waals surface area contributed by atoms with E-state index in [0.717, 1.165) is 0 Å². The highest BCUT2D eigenvalue weighted by Crippen LogP contribution is 2.38. The fourth-order valence-corrected chi connectivity index (χ4v) is 10.8. The van der Waals surface area contributed by atoms with Gasteiger partial charge in [-0.25, -0.2) is 8.42 Å². The summed E-state index contributed by atoms with van der Waals surface area (Å²) in [5, 5.41) is 18.2. The molecule has 0 saturated heterocycles. The molecule has 17 N–H and O–H groups in total. The Morgan fingerprint density at radius 3 is 1.26 bits per heavy atom. The Morgan fingerprint density at radius 2 is 0.864 bits per heavy atom. The topological polar surface area (TPSA) is 388 Å². The summed E-state index contributed by atoms with van der Waals surface area (Å²) in [5.41, 5.74) is 25.8. The number of hydrogen-bond acceptors (Lipinski definition) is 14. The fourth-order valence-electron chi connectivity index (χ4n) is 9.29. The molecule has 0 radical (unpaired) electrons. The third kappa shape index (κ3) is 27.9. The number of primary amides is 1. The molecule has 0 saturated carbocycles. The minimum atomic E-state index is -5.43. The summed E-state index contributed by atoms with van der Waals surface area (Å²) in [7, 11) is -5.41. The minimum absolute atomic E-state index is 0.00146. The number of amides is 8. The third-order valence-electron chi connectivity index (χ3n) is 13.9. The third-order valence-corrected chi connectivity index (χ3v) is 15.6. The number of carbonyl (C=O) groups is 8. The quantitative estimate of drug-likeness (QED) is 0.0337. The van der Waals surface area contributed by atoms with Crippen molar-refractivity contribution < 1.29 is 73.1 Å². The predicted molar refractivity (Wildman–Crippen MR) is 319 cm³/mol. The molecular formula is C58H93F6N13O10S. The van der Waals surface area contributed by atoms with Crippen LogP contribution in [0.4, 0.5) is 26.3 Å². The van der Waals surface area contributed by atoms with Crippen molar-refractivity contribution in [3.63, 3.8) is 0 Å². The van der Waals surface area contributed by atoms with Crippen LogP contribution in [0, 0.1) is 17.8 Å². The van der Waals surface area contributed by atoms with Gasteiger partial charge in [0, 0.05) is 12.6 Å². The van der Waals surface area contributed by atoms with Gasteiger partial charge in [0.2, 0.25) is 57.3 Å². The maximum Gasteiger partial charge on any atom is 0.416 e. The van der Waals surface area contributed by atoms with Crippen molar-refractivity contribution in [2.24, 2.45) is 46.4 Å². The van der Waals surface area contributed by atoms with E-state index in [1.807, 2.05) is 27.7 Å². The van der Waals surface area contributed by atoms with Crippen LogP contribution in [0.5, 0.6) is 0 Å². The number of carbonyl (C=O) groups excluding carboxylic acids is 8. The summed E-state index contributed by atoms with van der Waals surface area (Å²) < 4.78 is 112. The molecule has 0 aromatic heterocycles. The van der Waals surface area contributed by atoms with Crippen molar-refractivity contribution in [2.75, 3.05) is 32.7 Å². The Kier molecular flexibility index (Phi) is 33.1. The molecule has 0 heterocycles. The zero-order chi connectivity index (χ0) is 66.7. The number of unbranched alkanes of at least 4 members (excludes halogenated alkanes) is 3. The molecule has 0 aliphatic rings. The normalized spacial score (nSPS) is 14.9. The second-order valence-corrected chi connectivity index (χ2v) is 25.2. The molecule has 8 amide bonds. The number of hydrogen-bond donors (Lipinski definition) is 12. The lowest BCUT2D eigenvalue weighted by Gasteiger charge is -2.28. The predicted octanol–water partition coefficient (Wildman–Crippen LogP) is 2.71. The van der Waals surface area contributed by atoms with Crippen LogP contribution >= 0.6 is 0 Å². The molecule has 498 valence electrons. The Morgan fingerprint density at radius 1 is 0.500 bits per heavy atom. The van der Waals surface area contributed by atoms with Crippen LogP contribution in [0.15, 0.2) is 53.4 Å². The van der Waals surface area contributed by atoms with E-state index < -0.39 is 147 Å². The summed E-state index contributed by atoms with van der Waals surface area (Å²) >= 11 is 0. The maximum atomic E-state index is 14.3. The first-order valence-electron chi connectivity index (χ1n) is 29.6. The average molecular weight is 1280 g/mol. The number of nitrogens with two attached hydrogens (primary N) is 5. The van der Waals surface area contributed by atoms with E-state index in [1.54, 1.807) is 44.2 Å². The largest absolute Gasteiger partial charge is 0.416 e. The Hall–Kier alpha value is -6.47. The first-order valence-corrected chi connectivity index (χ1v) is 31.1. The molecule has 8 atom stereocenters. The number of halogens is 6. The van der Waals surface area contributed by atoms with E-state index in [9.17, 15) is 73.1 Å². The summed E-state index contributed by atoms with van der Waals surface area (Å²) in [6, 6.07) is -2.28. The molecule has 2 aromatic rings. The van der Waals surface area contributed by atoms with Gasteiger partial charge in [-0.3, -0.25) is 38.4 Å². The summed E-state index contributed by atoms with van der Waals surface area (Å²) in [5.74, 6) is -7.30. The van der Waals surface area contributed by atoms with Crippen LogP contribution in [-0.2, 0) is 67.2 Å². The standard InChI is InChI=1S/C58H93F6N13O10S/c1-34(2)25-46(50(69)79)74-56(85)48(27-36(5)6)76-54(83)45(21-13-16-24-67)72-53(82)44(20-12-15-23-66)73-55(84)47(26-35(3)4)75-51(80)37(7)70-52(81)43(19-11-14-22-65)71-49(78)33-77(32-41(68)28-38-17-9-8-10-18-38)88(86,87)42-30-39(57(59,60)61)29-40(31-42)58(62,63)64/h8-10,17-18,29-31,34-37,41,43-48H,11-16,19-28,32-33,65-68H2,1-7H3,(H2,69,79)(H,70,81)(H,71,78)(H,72,82)(H,73,84)(H,74,85)(H,75,80)(H,76,83)/t37-,41-,43-,44-,45-,46-,47-,48-/m0/s1. The molecule has 0 unspecified atom stereocenters. The summed E-state index contributed by atoms with van der Waals surface area (Å²) in [4.78, 5) is 109. The van der Waals surface area contributed by atoms with Crippen molar-refractivity contribution in [3.8, 4) is 0 Å². The fraction of sp³-hybridized carbons (Fsp3) is 0.655. The molecule has 0 bridgehead atoms. The summed E-state index contributed by atoms with van der Waals surface area (Å²) in [6.07, 6.45) is -8.53. The van der Waals surface area contributed by atoms with Gasteiger partial charge in [-0.05, 0) is 152 Å². The van der Waals surface area contributed by atoms with Crippen LogP contribution < -0.4 is 65.9 Å². The van der Waals surface area contributed by atoms with E-state index in [1.165, 1.54) is 6.92 Å². The molecule has 0 spiro atoms. The van der Waals surface area contributed by atoms with Crippen molar-refractivity contribution in [3.05, 3.63) is 65.2 Å². The first-order chi connectivity index (χ1) is 41.0.